The summed E-state index contributed by atoms with van der Waals surface area (Å²) < 4.78 is 16.0. The van der Waals surface area contributed by atoms with Crippen LogP contribution < -0.4 is 21.3 Å². The molecular formula is C44H59N5O8. The number of rotatable bonds is 19. The fourth-order valence-electron chi connectivity index (χ4n) is 6.66. The molecule has 1 aliphatic carbocycles. The highest BCUT2D eigenvalue weighted by Crippen LogP contribution is 2.30. The molecule has 0 spiro atoms. The van der Waals surface area contributed by atoms with Crippen LogP contribution in [0.15, 0.2) is 66.7 Å². The van der Waals surface area contributed by atoms with Crippen molar-refractivity contribution in [2.75, 3.05) is 51.4 Å². The lowest BCUT2D eigenvalue weighted by atomic mass is 9.81. The zero-order valence-corrected chi connectivity index (χ0v) is 33.9. The van der Waals surface area contributed by atoms with Crippen LogP contribution in [-0.4, -0.2) is 92.4 Å². The standard InChI is InChI=1S/C44H59N5O8/c1-29-25-36(40(51)46-19-21-55-23-24-56-22-20-50)15-18-38(29)35-8-6-7-32(26-35)27-39(42(53)48-37-16-13-33(14-17-37)30(2)45)49-41(52)34-11-9-31(10-12-34)28-47-43(54)57-44(3,4)5/h6-8,13-18,25-26,31,34,39,45,50H,9-12,19-24,27-28H2,1-5H3,(H,46,51)(H,47,54)(H,48,53)(H,49,52)/t31?,34?,39-/m0/s1. The Bertz CT molecular complexity index is 1820. The second-order valence-corrected chi connectivity index (χ2v) is 15.5. The van der Waals surface area contributed by atoms with Crippen molar-refractivity contribution in [1.29, 1.82) is 5.41 Å². The number of hydrogen-bond acceptors (Lipinski definition) is 9. The monoisotopic (exact) mass is 785 g/mol. The van der Waals surface area contributed by atoms with E-state index in [0.717, 1.165) is 40.7 Å². The molecule has 4 amide bonds. The second-order valence-electron chi connectivity index (χ2n) is 15.5. The van der Waals surface area contributed by atoms with Crippen LogP contribution in [0.3, 0.4) is 0 Å². The van der Waals surface area contributed by atoms with Gasteiger partial charge in [0.15, 0.2) is 0 Å². The summed E-state index contributed by atoms with van der Waals surface area (Å²) in [6, 6.07) is 19.5. The lowest BCUT2D eigenvalue weighted by Crippen LogP contribution is -2.48. The first-order valence-corrected chi connectivity index (χ1v) is 19.7. The zero-order valence-electron chi connectivity index (χ0n) is 33.9. The first-order chi connectivity index (χ1) is 27.2. The maximum Gasteiger partial charge on any atom is 0.407 e. The van der Waals surface area contributed by atoms with Gasteiger partial charge in [0.05, 0.1) is 33.0 Å². The number of carbonyl (C=O) groups excluding carboxylic acids is 4. The van der Waals surface area contributed by atoms with Crippen LogP contribution in [0, 0.1) is 24.2 Å². The van der Waals surface area contributed by atoms with Crippen LogP contribution in [0.1, 0.15) is 80.4 Å². The lowest BCUT2D eigenvalue weighted by Gasteiger charge is -2.29. The number of carbonyl (C=O) groups is 4. The summed E-state index contributed by atoms with van der Waals surface area (Å²) in [7, 11) is 0. The first kappa shape index (κ1) is 44.6. The fourth-order valence-corrected chi connectivity index (χ4v) is 6.66. The Morgan fingerprint density at radius 2 is 1.54 bits per heavy atom. The van der Waals surface area contributed by atoms with Crippen molar-refractivity contribution in [3.8, 4) is 11.1 Å². The summed E-state index contributed by atoms with van der Waals surface area (Å²) in [5, 5.41) is 28.4. The highest BCUT2D eigenvalue weighted by atomic mass is 16.6. The van der Waals surface area contributed by atoms with Gasteiger partial charge in [-0.25, -0.2) is 4.79 Å². The van der Waals surface area contributed by atoms with Crippen LogP contribution in [0.2, 0.25) is 0 Å². The number of benzene rings is 3. The Kier molecular flexibility index (Phi) is 17.2. The van der Waals surface area contributed by atoms with Crippen molar-refractivity contribution in [2.45, 2.75) is 78.4 Å². The van der Waals surface area contributed by atoms with E-state index in [1.807, 2.05) is 64.1 Å². The molecule has 3 aromatic rings. The minimum Gasteiger partial charge on any atom is -0.444 e. The fraction of sp³-hybridized carbons (Fsp3) is 0.477. The minimum atomic E-state index is -0.868. The van der Waals surface area contributed by atoms with Crippen LogP contribution in [0.25, 0.3) is 11.1 Å². The Hall–Kier alpha value is -5.11. The van der Waals surface area contributed by atoms with Gasteiger partial charge in [0, 0.05) is 42.4 Å². The molecule has 1 fully saturated rings. The van der Waals surface area contributed by atoms with E-state index in [-0.39, 0.29) is 49.2 Å². The summed E-state index contributed by atoms with van der Waals surface area (Å²) >= 11 is 0. The summed E-state index contributed by atoms with van der Waals surface area (Å²) in [5.74, 6) is -0.769. The Morgan fingerprint density at radius 3 is 2.19 bits per heavy atom. The van der Waals surface area contributed by atoms with Crippen molar-refractivity contribution < 1.29 is 38.5 Å². The van der Waals surface area contributed by atoms with Crippen molar-refractivity contribution >= 4 is 35.2 Å². The van der Waals surface area contributed by atoms with E-state index in [4.69, 9.17) is 24.7 Å². The smallest absolute Gasteiger partial charge is 0.407 e. The van der Waals surface area contributed by atoms with Crippen LogP contribution >= 0.6 is 0 Å². The molecule has 0 saturated heterocycles. The maximum atomic E-state index is 13.8. The van der Waals surface area contributed by atoms with E-state index in [0.29, 0.717) is 62.7 Å². The molecule has 13 heteroatoms. The van der Waals surface area contributed by atoms with Gasteiger partial charge in [-0.15, -0.1) is 0 Å². The van der Waals surface area contributed by atoms with E-state index >= 15 is 0 Å². The quantitative estimate of drug-likeness (QED) is 0.0650. The number of alkyl carbamates (subject to hydrolysis) is 1. The highest BCUT2D eigenvalue weighted by Gasteiger charge is 2.30. The molecule has 3 aromatic carbocycles. The predicted molar refractivity (Wildman–Crippen MR) is 221 cm³/mol. The predicted octanol–water partition coefficient (Wildman–Crippen LogP) is 5.80. The molecule has 57 heavy (non-hydrogen) atoms. The molecular weight excluding hydrogens is 727 g/mol. The summed E-state index contributed by atoms with van der Waals surface area (Å²) in [5.41, 5.74) is 5.27. The van der Waals surface area contributed by atoms with Gasteiger partial charge in [-0.05, 0) is 118 Å². The topological polar surface area (TPSA) is 188 Å². The molecule has 0 bridgehead atoms. The van der Waals surface area contributed by atoms with Gasteiger partial charge in [0.1, 0.15) is 11.6 Å². The normalized spacial score (nSPS) is 15.9. The molecule has 0 aromatic heterocycles. The van der Waals surface area contributed by atoms with Crippen molar-refractivity contribution in [2.24, 2.45) is 11.8 Å². The molecule has 4 rings (SSSR count). The molecule has 1 aliphatic rings. The van der Waals surface area contributed by atoms with E-state index in [9.17, 15) is 19.2 Å². The summed E-state index contributed by atoms with van der Waals surface area (Å²) in [6.45, 7) is 11.2. The SMILES string of the molecule is CC(=N)c1ccc(NC(=O)[C@H](Cc2cccc(-c3ccc(C(=O)NCCOCCOCCO)cc3C)c2)NC(=O)C2CCC(CNC(=O)OC(C)(C)C)CC2)cc1. The van der Waals surface area contributed by atoms with Gasteiger partial charge < -0.3 is 46.0 Å². The lowest BCUT2D eigenvalue weighted by molar-refractivity contribution is -0.130. The highest BCUT2D eigenvalue weighted by molar-refractivity contribution is 5.99. The molecule has 6 N–H and O–H groups in total. The van der Waals surface area contributed by atoms with Crippen molar-refractivity contribution in [3.05, 3.63) is 89.0 Å². The molecule has 0 heterocycles. The van der Waals surface area contributed by atoms with E-state index in [1.165, 1.54) is 0 Å². The number of amides is 4. The Labute approximate surface area is 336 Å². The third kappa shape index (κ3) is 15.1. The number of anilines is 1. The van der Waals surface area contributed by atoms with Gasteiger partial charge in [-0.2, -0.15) is 0 Å². The molecule has 13 nitrogen and oxygen atoms in total. The third-order valence-electron chi connectivity index (χ3n) is 9.68. The van der Waals surface area contributed by atoms with Crippen LogP contribution in [0.5, 0.6) is 0 Å². The number of aliphatic hydroxyl groups excluding tert-OH is 1. The first-order valence-electron chi connectivity index (χ1n) is 19.7. The van der Waals surface area contributed by atoms with Gasteiger partial charge in [0.25, 0.3) is 5.91 Å². The van der Waals surface area contributed by atoms with E-state index in [1.54, 1.807) is 37.3 Å². The zero-order chi connectivity index (χ0) is 41.4. The van der Waals surface area contributed by atoms with Gasteiger partial charge >= 0.3 is 6.09 Å². The maximum absolute atomic E-state index is 13.8. The second kappa shape index (κ2) is 22.0. The molecule has 0 aliphatic heterocycles. The number of aryl methyl sites for hydroxylation is 1. The molecule has 0 radical (unpaired) electrons. The van der Waals surface area contributed by atoms with Crippen molar-refractivity contribution in [3.63, 3.8) is 0 Å². The van der Waals surface area contributed by atoms with E-state index in [2.05, 4.69) is 21.3 Å². The number of hydrogen-bond donors (Lipinski definition) is 6. The number of aliphatic hydroxyl groups is 1. The molecule has 308 valence electrons. The average molecular weight is 786 g/mol. The third-order valence-corrected chi connectivity index (χ3v) is 9.68. The number of nitrogens with one attached hydrogen (secondary N) is 5. The van der Waals surface area contributed by atoms with Gasteiger partial charge in [-0.1, -0.05) is 42.5 Å². The Balaban J connectivity index is 1.41. The molecule has 1 atom stereocenters. The van der Waals surface area contributed by atoms with Crippen molar-refractivity contribution in [1.82, 2.24) is 16.0 Å². The number of ether oxygens (including phenoxy) is 3. The summed E-state index contributed by atoms with van der Waals surface area (Å²) in [6.07, 6.45) is 2.61. The van der Waals surface area contributed by atoms with Gasteiger partial charge in [0.2, 0.25) is 11.8 Å². The Morgan fingerprint density at radius 1 is 0.860 bits per heavy atom. The van der Waals surface area contributed by atoms with E-state index < -0.39 is 17.7 Å². The van der Waals surface area contributed by atoms with Crippen LogP contribution in [0.4, 0.5) is 10.5 Å². The molecule has 0 unspecified atom stereocenters. The minimum absolute atomic E-state index is 0.0365. The molecule has 1 saturated carbocycles. The average Bonchev–Trinajstić information content (AvgIpc) is 3.17. The van der Waals surface area contributed by atoms with Crippen LogP contribution in [-0.2, 0) is 30.2 Å². The largest absolute Gasteiger partial charge is 0.444 e. The summed E-state index contributed by atoms with van der Waals surface area (Å²) in [4.78, 5) is 52.5. The van der Waals surface area contributed by atoms with Gasteiger partial charge in [-0.3, -0.25) is 14.4 Å².